The van der Waals surface area contributed by atoms with E-state index in [-0.39, 0.29) is 24.6 Å². The molecule has 1 heterocycles. The van der Waals surface area contributed by atoms with E-state index < -0.39 is 23.9 Å². The fourth-order valence-corrected chi connectivity index (χ4v) is 2.64. The number of hydrogen-bond acceptors (Lipinski definition) is 3. The molecule has 2 unspecified atom stereocenters. The molecule has 7 heteroatoms. The first-order valence-corrected chi connectivity index (χ1v) is 6.83. The average molecular weight is 346 g/mol. The summed E-state index contributed by atoms with van der Waals surface area (Å²) >= 11 is 3.14. The Hall–Kier alpha value is -1.47. The lowest BCUT2D eigenvalue weighted by Gasteiger charge is -2.39. The van der Waals surface area contributed by atoms with Crippen LogP contribution in [-0.2, 0) is 14.3 Å². The smallest absolute Gasteiger partial charge is 0.335 e. The predicted octanol–water partition coefficient (Wildman–Crippen LogP) is 1.96. The van der Waals surface area contributed by atoms with Crippen molar-refractivity contribution in [1.29, 1.82) is 0 Å². The van der Waals surface area contributed by atoms with Gasteiger partial charge in [0.05, 0.1) is 6.04 Å². The Bertz CT molecular complexity index is 549. The van der Waals surface area contributed by atoms with Crippen LogP contribution in [0.25, 0.3) is 0 Å². The SMILES string of the molecule is CCN1C(=O)COC(C(=O)O)C1c1ccc(Br)cc1F. The first-order chi connectivity index (χ1) is 9.45. The molecule has 20 heavy (non-hydrogen) atoms. The zero-order valence-corrected chi connectivity index (χ0v) is 12.3. The van der Waals surface area contributed by atoms with Gasteiger partial charge >= 0.3 is 5.97 Å². The third-order valence-electron chi connectivity index (χ3n) is 3.19. The summed E-state index contributed by atoms with van der Waals surface area (Å²) in [5, 5.41) is 9.22. The molecule has 0 aromatic heterocycles. The first kappa shape index (κ1) is 14.9. The Morgan fingerprint density at radius 1 is 1.60 bits per heavy atom. The molecule has 1 saturated heterocycles. The summed E-state index contributed by atoms with van der Waals surface area (Å²) in [6.45, 7) is 1.69. The van der Waals surface area contributed by atoms with Crippen LogP contribution in [0.1, 0.15) is 18.5 Å². The highest BCUT2D eigenvalue weighted by Crippen LogP contribution is 2.32. The number of nitrogens with zero attached hydrogens (tertiary/aromatic N) is 1. The van der Waals surface area contributed by atoms with Crippen LogP contribution in [0, 0.1) is 5.82 Å². The van der Waals surface area contributed by atoms with Gasteiger partial charge in [-0.15, -0.1) is 0 Å². The Morgan fingerprint density at radius 2 is 2.30 bits per heavy atom. The number of carboxylic acid groups (broad SMARTS) is 1. The van der Waals surface area contributed by atoms with Gasteiger partial charge in [-0.25, -0.2) is 9.18 Å². The summed E-state index contributed by atoms with van der Waals surface area (Å²) in [7, 11) is 0. The molecule has 1 aliphatic rings. The van der Waals surface area contributed by atoms with E-state index in [2.05, 4.69) is 15.9 Å². The number of hydrogen-bond donors (Lipinski definition) is 1. The first-order valence-electron chi connectivity index (χ1n) is 6.04. The van der Waals surface area contributed by atoms with E-state index in [4.69, 9.17) is 4.74 Å². The fraction of sp³-hybridized carbons (Fsp3) is 0.385. The number of rotatable bonds is 3. The zero-order chi connectivity index (χ0) is 14.9. The van der Waals surface area contributed by atoms with Gasteiger partial charge in [0.2, 0.25) is 5.91 Å². The van der Waals surface area contributed by atoms with Gasteiger partial charge in [0.1, 0.15) is 12.4 Å². The lowest BCUT2D eigenvalue weighted by molar-refractivity contribution is -0.173. The largest absolute Gasteiger partial charge is 0.479 e. The minimum atomic E-state index is -1.27. The van der Waals surface area contributed by atoms with Crippen molar-refractivity contribution in [3.05, 3.63) is 34.1 Å². The van der Waals surface area contributed by atoms with Crippen molar-refractivity contribution in [2.45, 2.75) is 19.1 Å². The van der Waals surface area contributed by atoms with Gasteiger partial charge in [0, 0.05) is 16.6 Å². The van der Waals surface area contributed by atoms with Crippen LogP contribution in [-0.4, -0.2) is 41.1 Å². The number of aliphatic carboxylic acids is 1. The maximum atomic E-state index is 14.1. The van der Waals surface area contributed by atoms with Crippen LogP contribution in [0.4, 0.5) is 4.39 Å². The molecule has 0 bridgehead atoms. The number of carbonyl (C=O) groups excluding carboxylic acids is 1. The van der Waals surface area contributed by atoms with E-state index >= 15 is 0 Å². The van der Waals surface area contributed by atoms with Gasteiger partial charge in [0.15, 0.2) is 6.10 Å². The Balaban J connectivity index is 2.49. The maximum Gasteiger partial charge on any atom is 0.335 e. The molecule has 0 saturated carbocycles. The van der Waals surface area contributed by atoms with Crippen LogP contribution in [0.5, 0.6) is 0 Å². The molecule has 1 aliphatic heterocycles. The molecule has 1 aromatic rings. The number of carbonyl (C=O) groups is 2. The third kappa shape index (κ3) is 2.69. The topological polar surface area (TPSA) is 66.8 Å². The Kier molecular flexibility index (Phi) is 4.39. The van der Waals surface area contributed by atoms with Gasteiger partial charge in [0.25, 0.3) is 0 Å². The number of amides is 1. The second kappa shape index (κ2) is 5.88. The number of likely N-dealkylation sites (N-methyl/N-ethyl adjacent to an activating group) is 1. The molecule has 1 fully saturated rings. The molecular weight excluding hydrogens is 333 g/mol. The van der Waals surface area contributed by atoms with Gasteiger partial charge < -0.3 is 14.7 Å². The summed E-state index contributed by atoms with van der Waals surface area (Å²) in [5.74, 6) is -2.15. The minimum Gasteiger partial charge on any atom is -0.479 e. The number of carboxylic acids is 1. The van der Waals surface area contributed by atoms with Crippen LogP contribution in [0.3, 0.4) is 0 Å². The molecule has 1 amide bonds. The fourth-order valence-electron chi connectivity index (χ4n) is 2.31. The number of ether oxygens (including phenoxy) is 1. The Labute approximate surface area is 123 Å². The lowest BCUT2D eigenvalue weighted by Crippen LogP contribution is -2.51. The molecule has 0 spiro atoms. The maximum absolute atomic E-state index is 14.1. The lowest BCUT2D eigenvalue weighted by atomic mass is 9.97. The van der Waals surface area contributed by atoms with Crippen molar-refractivity contribution >= 4 is 27.8 Å². The molecule has 5 nitrogen and oxygen atoms in total. The second-order valence-electron chi connectivity index (χ2n) is 4.36. The monoisotopic (exact) mass is 345 g/mol. The van der Waals surface area contributed by atoms with Crippen molar-refractivity contribution in [2.75, 3.05) is 13.2 Å². The van der Waals surface area contributed by atoms with E-state index in [1.807, 2.05) is 0 Å². The molecule has 108 valence electrons. The summed E-state index contributed by atoms with van der Waals surface area (Å²) < 4.78 is 19.7. The van der Waals surface area contributed by atoms with Crippen molar-refractivity contribution in [3.63, 3.8) is 0 Å². The predicted molar refractivity (Wildman–Crippen MR) is 71.6 cm³/mol. The van der Waals surface area contributed by atoms with Gasteiger partial charge in [-0.1, -0.05) is 22.0 Å². The van der Waals surface area contributed by atoms with Crippen LogP contribution < -0.4 is 0 Å². The van der Waals surface area contributed by atoms with Crippen LogP contribution in [0.2, 0.25) is 0 Å². The van der Waals surface area contributed by atoms with Gasteiger partial charge in [-0.3, -0.25) is 4.79 Å². The highest BCUT2D eigenvalue weighted by molar-refractivity contribution is 9.10. The molecular formula is C13H13BrFNO4. The average Bonchev–Trinajstić information content (AvgIpc) is 2.38. The highest BCUT2D eigenvalue weighted by atomic mass is 79.9. The number of benzene rings is 1. The third-order valence-corrected chi connectivity index (χ3v) is 3.69. The summed E-state index contributed by atoms with van der Waals surface area (Å²) in [5.41, 5.74) is 0.135. The van der Waals surface area contributed by atoms with E-state index in [0.717, 1.165) is 0 Å². The molecule has 1 N–H and O–H groups in total. The summed E-state index contributed by atoms with van der Waals surface area (Å²) in [6.07, 6.45) is -1.27. The molecule has 0 aliphatic carbocycles. The normalized spacial score (nSPS) is 22.9. The van der Waals surface area contributed by atoms with E-state index in [1.165, 1.54) is 17.0 Å². The van der Waals surface area contributed by atoms with E-state index in [1.54, 1.807) is 13.0 Å². The minimum absolute atomic E-state index is 0.135. The quantitative estimate of drug-likeness (QED) is 0.909. The summed E-state index contributed by atoms with van der Waals surface area (Å²) in [4.78, 5) is 24.4. The molecule has 2 rings (SSSR count). The zero-order valence-electron chi connectivity index (χ0n) is 10.7. The molecule has 1 aromatic carbocycles. The number of morpholine rings is 1. The summed E-state index contributed by atoms with van der Waals surface area (Å²) in [6, 6.07) is 3.34. The van der Waals surface area contributed by atoms with Crippen molar-refractivity contribution in [3.8, 4) is 0 Å². The standard InChI is InChI=1S/C13H13BrFNO4/c1-2-16-10(17)6-20-12(13(18)19)11(16)8-4-3-7(14)5-9(8)15/h3-5,11-12H,2,6H2,1H3,(H,18,19). The molecule has 0 radical (unpaired) electrons. The van der Waals surface area contributed by atoms with Crippen LogP contribution >= 0.6 is 15.9 Å². The van der Waals surface area contributed by atoms with Crippen molar-refractivity contribution in [1.82, 2.24) is 4.90 Å². The Morgan fingerprint density at radius 3 is 2.85 bits per heavy atom. The van der Waals surface area contributed by atoms with E-state index in [9.17, 15) is 19.1 Å². The van der Waals surface area contributed by atoms with E-state index in [0.29, 0.717) is 4.47 Å². The second-order valence-corrected chi connectivity index (χ2v) is 5.28. The molecule has 2 atom stereocenters. The van der Waals surface area contributed by atoms with Crippen LogP contribution in [0.15, 0.2) is 22.7 Å². The highest BCUT2D eigenvalue weighted by Gasteiger charge is 2.42. The van der Waals surface area contributed by atoms with Crippen molar-refractivity contribution < 1.29 is 23.8 Å². The number of halogens is 2. The van der Waals surface area contributed by atoms with Gasteiger partial charge in [-0.2, -0.15) is 0 Å². The van der Waals surface area contributed by atoms with Crippen molar-refractivity contribution in [2.24, 2.45) is 0 Å². The van der Waals surface area contributed by atoms with Gasteiger partial charge in [-0.05, 0) is 19.1 Å².